The fourth-order valence-corrected chi connectivity index (χ4v) is 3.50. The van der Waals surface area contributed by atoms with Crippen molar-refractivity contribution < 1.29 is 0 Å². The Morgan fingerprint density at radius 2 is 1.89 bits per heavy atom. The number of rotatable bonds is 9. The van der Waals surface area contributed by atoms with Crippen molar-refractivity contribution >= 4 is 11.5 Å². The molecule has 3 heterocycles. The fourth-order valence-electron chi connectivity index (χ4n) is 3.50. The summed E-state index contributed by atoms with van der Waals surface area (Å²) in [5, 5.41) is 3.78. The van der Waals surface area contributed by atoms with E-state index >= 15 is 0 Å². The Labute approximate surface area is 163 Å². The van der Waals surface area contributed by atoms with Crippen molar-refractivity contribution in [2.45, 2.75) is 71.8 Å². The molecule has 0 fully saturated rings. The Kier molecular flexibility index (Phi) is 6.15. The summed E-state index contributed by atoms with van der Waals surface area (Å²) in [6, 6.07) is 10.2. The van der Waals surface area contributed by atoms with Gasteiger partial charge in [-0.25, -0.2) is 4.98 Å². The van der Waals surface area contributed by atoms with Gasteiger partial charge in [0.2, 0.25) is 0 Å². The summed E-state index contributed by atoms with van der Waals surface area (Å²) in [5.41, 5.74) is 3.98. The van der Waals surface area contributed by atoms with Crippen molar-refractivity contribution in [3.8, 4) is 11.4 Å². The van der Waals surface area contributed by atoms with Crippen molar-refractivity contribution in [2.75, 3.05) is 5.32 Å². The SMILES string of the molecule is CCCCCCCC(C)(C)Nc1c(-c2ccccn2)nc2cc(C)ccn12. The molecule has 0 radical (unpaired) electrons. The van der Waals surface area contributed by atoms with Gasteiger partial charge < -0.3 is 5.32 Å². The molecule has 3 aromatic rings. The average molecular weight is 365 g/mol. The van der Waals surface area contributed by atoms with Gasteiger partial charge in [-0.1, -0.05) is 45.1 Å². The zero-order valence-electron chi connectivity index (χ0n) is 17.1. The molecule has 0 unspecified atom stereocenters. The van der Waals surface area contributed by atoms with Crippen molar-refractivity contribution in [3.63, 3.8) is 0 Å². The highest BCUT2D eigenvalue weighted by Gasteiger charge is 2.23. The smallest absolute Gasteiger partial charge is 0.140 e. The van der Waals surface area contributed by atoms with Crippen LogP contribution in [0.4, 0.5) is 5.82 Å². The molecule has 0 atom stereocenters. The van der Waals surface area contributed by atoms with Crippen LogP contribution < -0.4 is 5.32 Å². The third-order valence-corrected chi connectivity index (χ3v) is 5.05. The van der Waals surface area contributed by atoms with Gasteiger partial charge in [-0.2, -0.15) is 0 Å². The fraction of sp³-hybridized carbons (Fsp3) is 0.478. The maximum atomic E-state index is 4.89. The second-order valence-corrected chi connectivity index (χ2v) is 8.13. The molecule has 4 nitrogen and oxygen atoms in total. The normalized spacial score (nSPS) is 11.9. The van der Waals surface area contributed by atoms with Gasteiger partial charge in [-0.05, 0) is 57.0 Å². The van der Waals surface area contributed by atoms with E-state index in [-0.39, 0.29) is 5.54 Å². The Balaban J connectivity index is 1.88. The summed E-state index contributed by atoms with van der Waals surface area (Å²) >= 11 is 0. The molecule has 27 heavy (non-hydrogen) atoms. The molecule has 3 rings (SSSR count). The van der Waals surface area contributed by atoms with Crippen LogP contribution in [0.3, 0.4) is 0 Å². The number of unbranched alkanes of at least 4 members (excludes halogenated alkanes) is 4. The molecular weight excluding hydrogens is 332 g/mol. The molecule has 0 saturated heterocycles. The highest BCUT2D eigenvalue weighted by molar-refractivity contribution is 5.75. The summed E-state index contributed by atoms with van der Waals surface area (Å²) in [6.45, 7) is 8.92. The molecular formula is C23H32N4. The molecule has 0 aromatic carbocycles. The number of anilines is 1. The van der Waals surface area contributed by atoms with E-state index in [1.165, 1.54) is 37.7 Å². The van der Waals surface area contributed by atoms with Crippen LogP contribution in [0.25, 0.3) is 17.0 Å². The van der Waals surface area contributed by atoms with Crippen LogP contribution in [0.2, 0.25) is 0 Å². The zero-order chi connectivity index (χ0) is 19.3. The Hall–Kier alpha value is -2.36. The quantitative estimate of drug-likeness (QED) is 0.456. The second kappa shape index (κ2) is 8.55. The van der Waals surface area contributed by atoms with Crippen LogP contribution in [0.1, 0.15) is 64.9 Å². The summed E-state index contributed by atoms with van der Waals surface area (Å²) in [5.74, 6) is 1.03. The standard InChI is InChI=1S/C23H32N4/c1-5-6-7-8-10-14-23(3,4)26-22-21(19-12-9-11-15-24-19)25-20-17-18(2)13-16-27(20)22/h9,11-13,15-17,26H,5-8,10,14H2,1-4H3. The molecule has 3 aromatic heterocycles. The van der Waals surface area contributed by atoms with E-state index in [0.717, 1.165) is 29.3 Å². The van der Waals surface area contributed by atoms with E-state index in [1.54, 1.807) is 0 Å². The van der Waals surface area contributed by atoms with E-state index in [2.05, 4.69) is 60.7 Å². The third-order valence-electron chi connectivity index (χ3n) is 5.05. The number of hydrogen-bond donors (Lipinski definition) is 1. The Morgan fingerprint density at radius 1 is 1.07 bits per heavy atom. The van der Waals surface area contributed by atoms with Gasteiger partial charge in [0.25, 0.3) is 0 Å². The van der Waals surface area contributed by atoms with E-state index in [1.807, 2.05) is 24.4 Å². The lowest BCUT2D eigenvalue weighted by molar-refractivity contribution is 0.473. The minimum Gasteiger partial charge on any atom is -0.364 e. The predicted octanol–water partition coefficient (Wildman–Crippen LogP) is 6.26. The number of aromatic nitrogens is 3. The first kappa shape index (κ1) is 19.4. The van der Waals surface area contributed by atoms with Gasteiger partial charge in [-0.15, -0.1) is 0 Å². The van der Waals surface area contributed by atoms with Crippen LogP contribution in [-0.2, 0) is 0 Å². The molecule has 0 amide bonds. The maximum absolute atomic E-state index is 4.89. The molecule has 0 aliphatic heterocycles. The largest absolute Gasteiger partial charge is 0.364 e. The van der Waals surface area contributed by atoms with Crippen molar-refractivity contribution in [1.82, 2.24) is 14.4 Å². The first-order chi connectivity index (χ1) is 13.0. The highest BCUT2D eigenvalue weighted by Crippen LogP contribution is 2.31. The van der Waals surface area contributed by atoms with Crippen LogP contribution in [0.5, 0.6) is 0 Å². The van der Waals surface area contributed by atoms with E-state index in [4.69, 9.17) is 4.98 Å². The predicted molar refractivity (Wildman–Crippen MR) is 114 cm³/mol. The molecule has 144 valence electrons. The van der Waals surface area contributed by atoms with E-state index < -0.39 is 0 Å². The number of pyridine rings is 2. The summed E-state index contributed by atoms with van der Waals surface area (Å²) in [7, 11) is 0. The molecule has 4 heteroatoms. The van der Waals surface area contributed by atoms with E-state index in [0.29, 0.717) is 0 Å². The monoisotopic (exact) mass is 364 g/mol. The molecule has 0 spiro atoms. The van der Waals surface area contributed by atoms with Gasteiger partial charge in [0, 0.05) is 17.9 Å². The minimum atomic E-state index is -0.00338. The van der Waals surface area contributed by atoms with Gasteiger partial charge in [-0.3, -0.25) is 9.38 Å². The van der Waals surface area contributed by atoms with Crippen molar-refractivity contribution in [3.05, 3.63) is 48.3 Å². The van der Waals surface area contributed by atoms with E-state index in [9.17, 15) is 0 Å². The molecule has 0 aliphatic rings. The summed E-state index contributed by atoms with van der Waals surface area (Å²) < 4.78 is 2.15. The molecule has 0 bridgehead atoms. The maximum Gasteiger partial charge on any atom is 0.140 e. The van der Waals surface area contributed by atoms with Gasteiger partial charge >= 0.3 is 0 Å². The van der Waals surface area contributed by atoms with Crippen LogP contribution in [0.15, 0.2) is 42.7 Å². The first-order valence-corrected chi connectivity index (χ1v) is 10.2. The number of nitrogens with zero attached hydrogens (tertiary/aromatic N) is 3. The van der Waals surface area contributed by atoms with Crippen LogP contribution in [-0.4, -0.2) is 19.9 Å². The number of aryl methyl sites for hydroxylation is 1. The highest BCUT2D eigenvalue weighted by atomic mass is 15.2. The first-order valence-electron chi connectivity index (χ1n) is 10.2. The summed E-state index contributed by atoms with van der Waals surface area (Å²) in [6.07, 6.45) is 11.6. The van der Waals surface area contributed by atoms with Gasteiger partial charge in [0.05, 0.1) is 5.69 Å². The molecule has 0 aliphatic carbocycles. The minimum absolute atomic E-state index is 0.00338. The lowest BCUT2D eigenvalue weighted by atomic mass is 9.96. The summed E-state index contributed by atoms with van der Waals surface area (Å²) in [4.78, 5) is 9.42. The van der Waals surface area contributed by atoms with Crippen molar-refractivity contribution in [1.29, 1.82) is 0 Å². The zero-order valence-corrected chi connectivity index (χ0v) is 17.1. The molecule has 0 saturated carbocycles. The topological polar surface area (TPSA) is 42.2 Å². The second-order valence-electron chi connectivity index (χ2n) is 8.13. The number of nitrogens with one attached hydrogen (secondary N) is 1. The number of fused-ring (bicyclic) bond motifs is 1. The third kappa shape index (κ3) is 4.88. The van der Waals surface area contributed by atoms with Crippen LogP contribution >= 0.6 is 0 Å². The van der Waals surface area contributed by atoms with Gasteiger partial charge in [0.15, 0.2) is 0 Å². The van der Waals surface area contributed by atoms with Crippen molar-refractivity contribution in [2.24, 2.45) is 0 Å². The average Bonchev–Trinajstić information content (AvgIpc) is 2.99. The molecule has 1 N–H and O–H groups in total. The lowest BCUT2D eigenvalue weighted by Gasteiger charge is -2.28. The Morgan fingerprint density at radius 3 is 2.63 bits per heavy atom. The number of hydrogen-bond acceptors (Lipinski definition) is 3. The van der Waals surface area contributed by atoms with Crippen LogP contribution in [0, 0.1) is 6.92 Å². The Bertz CT molecular complexity index is 865. The lowest BCUT2D eigenvalue weighted by Crippen LogP contribution is -2.31. The van der Waals surface area contributed by atoms with Gasteiger partial charge in [0.1, 0.15) is 17.2 Å². The number of imidazole rings is 1.